The number of carboxylic acids is 1. The number of carbonyl (C=O) groups is 1. The van der Waals surface area contributed by atoms with E-state index < -0.39 is 11.3 Å². The first-order chi connectivity index (χ1) is 4.09. The number of carboxylic acid groups (broad SMARTS) is 1. The quantitative estimate of drug-likeness (QED) is 0.675. The summed E-state index contributed by atoms with van der Waals surface area (Å²) in [4.78, 5) is 9.98. The summed E-state index contributed by atoms with van der Waals surface area (Å²) in [6.45, 7) is 0. The van der Waals surface area contributed by atoms with Gasteiger partial charge in [0.05, 0.1) is 5.03 Å². The third kappa shape index (κ3) is 2.94. The van der Waals surface area contributed by atoms with Crippen LogP contribution in [-0.2, 0) is 4.79 Å². The molecule has 0 saturated carbocycles. The molecule has 0 fully saturated rings. The Hall–Kier alpha value is 0.0800. The third-order valence-electron chi connectivity index (χ3n) is 0.563. The molecule has 0 aromatic carbocycles. The van der Waals surface area contributed by atoms with Crippen LogP contribution in [0.25, 0.3) is 0 Å². The molecule has 0 heterocycles. The van der Waals surface area contributed by atoms with Gasteiger partial charge in [0.1, 0.15) is 0 Å². The van der Waals surface area contributed by atoms with E-state index in [0.29, 0.717) is 0 Å². The highest BCUT2D eigenvalue weighted by Gasteiger charge is 2.16. The van der Waals surface area contributed by atoms with Crippen molar-refractivity contribution < 1.29 is 9.90 Å². The van der Waals surface area contributed by atoms with Crippen LogP contribution in [0.3, 0.4) is 0 Å². The van der Waals surface area contributed by atoms with Crippen LogP contribution in [-0.4, -0.2) is 16.5 Å². The second kappa shape index (κ2) is 3.99. The Kier molecular flexibility index (Phi) is 4.02. The Bertz CT molecular complexity index is 143. The molecular weight excluding hydrogens is 186 g/mol. The zero-order valence-corrected chi connectivity index (χ0v) is 6.41. The second-order valence-corrected chi connectivity index (χ2v) is 2.29. The van der Waals surface area contributed by atoms with Crippen LogP contribution in [0.2, 0.25) is 0 Å². The average molecular weight is 189 g/mol. The van der Waals surface area contributed by atoms with E-state index >= 15 is 0 Å². The fraction of sp³-hybridized carbons (Fsp3) is 0.250. The van der Waals surface area contributed by atoms with E-state index in [-0.39, 0.29) is 5.03 Å². The summed E-state index contributed by atoms with van der Waals surface area (Å²) in [6.07, 6.45) is 0. The number of hydrogen-bond donors (Lipinski definition) is 1. The van der Waals surface area contributed by atoms with Crippen molar-refractivity contribution >= 4 is 40.8 Å². The minimum absolute atomic E-state index is 0.0918. The molecule has 1 N–H and O–H groups in total. The van der Waals surface area contributed by atoms with E-state index in [1.165, 1.54) is 0 Å². The van der Waals surface area contributed by atoms with E-state index in [9.17, 15) is 4.79 Å². The zero-order valence-electron chi connectivity index (χ0n) is 4.14. The Labute approximate surface area is 67.0 Å². The van der Waals surface area contributed by atoms with E-state index in [0.717, 1.165) is 5.54 Å². The monoisotopic (exact) mass is 188 g/mol. The summed E-state index contributed by atoms with van der Waals surface area (Å²) in [5.74, 6) is -1.21. The molecule has 5 heteroatoms. The molecule has 0 radical (unpaired) electrons. The third-order valence-corrected chi connectivity index (χ3v) is 1.77. The van der Waals surface area contributed by atoms with Gasteiger partial charge in [-0.25, -0.2) is 0 Å². The molecule has 2 nitrogen and oxygen atoms in total. The van der Waals surface area contributed by atoms with Gasteiger partial charge in [-0.15, -0.1) is 11.6 Å². The topological polar surface area (TPSA) is 37.3 Å². The fourth-order valence-electron chi connectivity index (χ4n) is 0.173. The van der Waals surface area contributed by atoms with Crippen molar-refractivity contribution in [3.05, 3.63) is 10.6 Å². The van der Waals surface area contributed by atoms with Crippen molar-refractivity contribution in [3.63, 3.8) is 0 Å². The Morgan fingerprint density at radius 2 is 2.11 bits per heavy atom. The molecule has 0 aliphatic rings. The first kappa shape index (κ1) is 9.08. The standard InChI is InChI=1S/C4H3Cl3O2/c5-1-2(6)3(7)4(8)9/h1,3H,(H,8,9)/b2-1-. The molecule has 0 aliphatic carbocycles. The SMILES string of the molecule is O=C(O)C(Cl)/C(Cl)=C/Cl. The Balaban J connectivity index is 4.04. The van der Waals surface area contributed by atoms with Crippen LogP contribution in [0.5, 0.6) is 0 Å². The zero-order chi connectivity index (χ0) is 7.44. The first-order valence-electron chi connectivity index (χ1n) is 1.92. The number of halogens is 3. The summed E-state index contributed by atoms with van der Waals surface area (Å²) >= 11 is 15.5. The van der Waals surface area contributed by atoms with Gasteiger partial charge < -0.3 is 5.11 Å². The highest BCUT2D eigenvalue weighted by atomic mass is 35.5. The predicted molar refractivity (Wildman–Crippen MR) is 37.1 cm³/mol. The van der Waals surface area contributed by atoms with Gasteiger partial charge in [0.25, 0.3) is 0 Å². The normalized spacial score (nSPS) is 15.2. The lowest BCUT2D eigenvalue weighted by atomic mass is 10.4. The molecular formula is C4H3Cl3O2. The summed E-state index contributed by atoms with van der Waals surface area (Å²) in [7, 11) is 0. The van der Waals surface area contributed by atoms with Crippen LogP contribution < -0.4 is 0 Å². The number of hydrogen-bond acceptors (Lipinski definition) is 1. The largest absolute Gasteiger partial charge is 0.480 e. The van der Waals surface area contributed by atoms with Gasteiger partial charge in [-0.2, -0.15) is 0 Å². The highest BCUT2D eigenvalue weighted by Crippen LogP contribution is 2.14. The van der Waals surface area contributed by atoms with Crippen LogP contribution >= 0.6 is 34.8 Å². The minimum atomic E-state index is -1.23. The van der Waals surface area contributed by atoms with Crippen molar-refractivity contribution in [2.45, 2.75) is 5.38 Å². The molecule has 0 bridgehead atoms. The summed E-state index contributed by atoms with van der Waals surface area (Å²) in [5, 5.41) is 6.84. The summed E-state index contributed by atoms with van der Waals surface area (Å²) < 4.78 is 0. The highest BCUT2D eigenvalue weighted by molar-refractivity contribution is 6.45. The maximum atomic E-state index is 9.98. The fourth-order valence-corrected chi connectivity index (χ4v) is 0.520. The van der Waals surface area contributed by atoms with Crippen molar-refractivity contribution in [2.75, 3.05) is 0 Å². The Morgan fingerprint density at radius 1 is 1.67 bits per heavy atom. The molecule has 0 saturated heterocycles. The van der Waals surface area contributed by atoms with Crippen molar-refractivity contribution in [2.24, 2.45) is 0 Å². The lowest BCUT2D eigenvalue weighted by Gasteiger charge is -1.97. The summed E-state index contributed by atoms with van der Waals surface area (Å²) in [5.41, 5.74) is 0.924. The van der Waals surface area contributed by atoms with Gasteiger partial charge in [0.15, 0.2) is 5.38 Å². The molecule has 9 heavy (non-hydrogen) atoms. The molecule has 0 spiro atoms. The van der Waals surface area contributed by atoms with Crippen molar-refractivity contribution in [3.8, 4) is 0 Å². The molecule has 1 atom stereocenters. The molecule has 0 aromatic heterocycles. The second-order valence-electron chi connectivity index (χ2n) is 1.19. The number of rotatable bonds is 2. The lowest BCUT2D eigenvalue weighted by molar-refractivity contribution is -0.135. The molecule has 1 unspecified atom stereocenters. The molecule has 0 aromatic rings. The van der Waals surface area contributed by atoms with Gasteiger partial charge in [-0.05, 0) is 0 Å². The van der Waals surface area contributed by atoms with Crippen molar-refractivity contribution in [1.29, 1.82) is 0 Å². The molecule has 0 aliphatic heterocycles. The van der Waals surface area contributed by atoms with Gasteiger partial charge in [-0.1, -0.05) is 23.2 Å². The van der Waals surface area contributed by atoms with E-state index in [1.54, 1.807) is 0 Å². The summed E-state index contributed by atoms with van der Waals surface area (Å²) in [6, 6.07) is 0. The molecule has 52 valence electrons. The van der Waals surface area contributed by atoms with Crippen LogP contribution in [0.15, 0.2) is 10.6 Å². The minimum Gasteiger partial charge on any atom is -0.480 e. The van der Waals surface area contributed by atoms with Gasteiger partial charge in [0.2, 0.25) is 0 Å². The smallest absolute Gasteiger partial charge is 0.327 e. The van der Waals surface area contributed by atoms with E-state index in [4.69, 9.17) is 39.9 Å². The van der Waals surface area contributed by atoms with Crippen LogP contribution in [0.1, 0.15) is 0 Å². The van der Waals surface area contributed by atoms with E-state index in [1.807, 2.05) is 0 Å². The molecule has 0 rings (SSSR count). The maximum Gasteiger partial charge on any atom is 0.327 e. The lowest BCUT2D eigenvalue weighted by Crippen LogP contribution is -2.12. The van der Waals surface area contributed by atoms with Gasteiger partial charge in [-0.3, -0.25) is 4.79 Å². The molecule has 0 amide bonds. The number of alkyl halides is 1. The number of aliphatic carboxylic acids is 1. The Morgan fingerprint density at radius 3 is 2.22 bits per heavy atom. The van der Waals surface area contributed by atoms with Crippen LogP contribution in [0, 0.1) is 0 Å². The maximum absolute atomic E-state index is 9.98. The predicted octanol–water partition coefficient (Wildman–Crippen LogP) is 2.00. The van der Waals surface area contributed by atoms with Crippen molar-refractivity contribution in [1.82, 2.24) is 0 Å². The first-order valence-corrected chi connectivity index (χ1v) is 3.17. The average Bonchev–Trinajstić information content (AvgIpc) is 1.84. The van der Waals surface area contributed by atoms with Gasteiger partial charge >= 0.3 is 5.97 Å². The van der Waals surface area contributed by atoms with E-state index in [2.05, 4.69) is 0 Å². The van der Waals surface area contributed by atoms with Crippen LogP contribution in [0.4, 0.5) is 0 Å². The van der Waals surface area contributed by atoms with Gasteiger partial charge in [0, 0.05) is 5.54 Å².